The highest BCUT2D eigenvalue weighted by Crippen LogP contribution is 2.24. The van der Waals surface area contributed by atoms with Crippen LogP contribution in [0.15, 0.2) is 42.5 Å². The van der Waals surface area contributed by atoms with Gasteiger partial charge in [-0.05, 0) is 54.0 Å². The Labute approximate surface area is 202 Å². The minimum atomic E-state index is -0.560. The lowest BCUT2D eigenvalue weighted by Crippen LogP contribution is -2.49. The van der Waals surface area contributed by atoms with Crippen LogP contribution in [-0.4, -0.2) is 29.3 Å². The Balaban J connectivity index is 2.21. The summed E-state index contributed by atoms with van der Waals surface area (Å²) in [6.45, 7) is 8.96. The maximum atomic E-state index is 13.3. The number of hydrogen-bond donors (Lipinski definition) is 1. The number of nitrogens with zero attached hydrogens (tertiary/aromatic N) is 1. The van der Waals surface area contributed by atoms with Gasteiger partial charge in [0.2, 0.25) is 11.8 Å². The first-order chi connectivity index (χ1) is 15.2. The molecule has 0 saturated heterocycles. The van der Waals surface area contributed by atoms with E-state index in [4.69, 9.17) is 23.2 Å². The molecule has 1 N–H and O–H groups in total. The molecule has 0 aliphatic carbocycles. The lowest BCUT2D eigenvalue weighted by molar-refractivity contribution is -0.141. The maximum absolute atomic E-state index is 13.3. The van der Waals surface area contributed by atoms with Gasteiger partial charge in [0.25, 0.3) is 0 Å². The summed E-state index contributed by atoms with van der Waals surface area (Å²) in [6.07, 6.45) is 2.45. The van der Waals surface area contributed by atoms with Gasteiger partial charge in [0, 0.05) is 29.6 Å². The predicted octanol–water partition coefficient (Wildman–Crippen LogP) is 6.07. The quantitative estimate of drug-likeness (QED) is 0.427. The molecule has 32 heavy (non-hydrogen) atoms. The fourth-order valence-electron chi connectivity index (χ4n) is 3.51. The molecule has 2 amide bonds. The summed E-state index contributed by atoms with van der Waals surface area (Å²) in [5.74, 6) is 0.131. The van der Waals surface area contributed by atoms with E-state index < -0.39 is 6.04 Å². The van der Waals surface area contributed by atoms with Crippen molar-refractivity contribution >= 4 is 35.0 Å². The smallest absolute Gasteiger partial charge is 0.242 e. The highest BCUT2D eigenvalue weighted by Gasteiger charge is 2.29. The van der Waals surface area contributed by atoms with Crippen molar-refractivity contribution in [3.8, 4) is 0 Å². The number of rotatable bonds is 11. The van der Waals surface area contributed by atoms with Crippen LogP contribution < -0.4 is 5.32 Å². The molecule has 0 saturated carbocycles. The van der Waals surface area contributed by atoms with Crippen molar-refractivity contribution in [2.75, 3.05) is 6.54 Å². The molecule has 0 radical (unpaired) electrons. The van der Waals surface area contributed by atoms with E-state index in [0.717, 1.165) is 17.5 Å². The third-order valence-corrected chi connectivity index (χ3v) is 6.07. The molecule has 174 valence electrons. The number of hydrogen-bond acceptors (Lipinski definition) is 2. The van der Waals surface area contributed by atoms with Gasteiger partial charge in [0.1, 0.15) is 6.04 Å². The molecule has 0 aliphatic rings. The molecule has 4 nitrogen and oxygen atoms in total. The highest BCUT2D eigenvalue weighted by atomic mass is 35.5. The first kappa shape index (κ1) is 26.2. The van der Waals surface area contributed by atoms with Gasteiger partial charge in [-0.25, -0.2) is 0 Å². The summed E-state index contributed by atoms with van der Waals surface area (Å²) in [4.78, 5) is 27.9. The van der Waals surface area contributed by atoms with Crippen LogP contribution in [0.5, 0.6) is 0 Å². The van der Waals surface area contributed by atoms with Crippen molar-refractivity contribution in [2.45, 2.75) is 66.0 Å². The lowest BCUT2D eigenvalue weighted by Gasteiger charge is -2.31. The van der Waals surface area contributed by atoms with Gasteiger partial charge in [-0.15, -0.1) is 0 Å². The van der Waals surface area contributed by atoms with E-state index in [0.29, 0.717) is 41.8 Å². The third kappa shape index (κ3) is 7.83. The van der Waals surface area contributed by atoms with E-state index in [1.54, 1.807) is 17.0 Å². The Morgan fingerprint density at radius 2 is 1.66 bits per heavy atom. The van der Waals surface area contributed by atoms with Gasteiger partial charge in [-0.1, -0.05) is 81.2 Å². The van der Waals surface area contributed by atoms with Crippen LogP contribution in [0, 0.1) is 5.92 Å². The largest absolute Gasteiger partial charge is 0.354 e. The fourth-order valence-corrected chi connectivity index (χ4v) is 3.98. The monoisotopic (exact) mass is 476 g/mol. The Morgan fingerprint density at radius 3 is 2.22 bits per heavy atom. The standard InChI is InChI=1S/C26H34Cl2N2O2/c1-5-19-7-9-20(10-8-19)11-14-25(31)30(17-21-12-13-22(27)15-23(21)28)24(6-2)26(32)29-16-18(3)4/h7-10,12-13,15,18,24H,5-6,11,14,16-17H2,1-4H3,(H,29,32)/t24-/m0/s1. The zero-order chi connectivity index (χ0) is 23.7. The molecule has 0 bridgehead atoms. The van der Waals surface area contributed by atoms with Crippen molar-refractivity contribution in [3.63, 3.8) is 0 Å². The minimum Gasteiger partial charge on any atom is -0.354 e. The summed E-state index contributed by atoms with van der Waals surface area (Å²) in [5.41, 5.74) is 3.15. The summed E-state index contributed by atoms with van der Waals surface area (Å²) >= 11 is 12.4. The topological polar surface area (TPSA) is 49.4 Å². The maximum Gasteiger partial charge on any atom is 0.242 e. The average molecular weight is 477 g/mol. The van der Waals surface area contributed by atoms with Crippen molar-refractivity contribution in [1.82, 2.24) is 10.2 Å². The first-order valence-electron chi connectivity index (χ1n) is 11.3. The number of carbonyl (C=O) groups is 2. The fraction of sp³-hybridized carbons (Fsp3) is 0.462. The van der Waals surface area contributed by atoms with Crippen LogP contribution in [0.3, 0.4) is 0 Å². The van der Waals surface area contributed by atoms with Crippen molar-refractivity contribution in [1.29, 1.82) is 0 Å². The van der Waals surface area contributed by atoms with Crippen molar-refractivity contribution in [2.24, 2.45) is 5.92 Å². The van der Waals surface area contributed by atoms with Crippen LogP contribution in [0.2, 0.25) is 10.0 Å². The molecule has 0 spiro atoms. The van der Waals surface area contributed by atoms with Crippen LogP contribution in [-0.2, 0) is 29.0 Å². The second-order valence-corrected chi connectivity index (χ2v) is 9.33. The van der Waals surface area contributed by atoms with Crippen LogP contribution in [0.4, 0.5) is 0 Å². The predicted molar refractivity (Wildman–Crippen MR) is 133 cm³/mol. The molecule has 0 fully saturated rings. The highest BCUT2D eigenvalue weighted by molar-refractivity contribution is 6.35. The molecule has 6 heteroatoms. The SMILES string of the molecule is CCc1ccc(CCC(=O)N(Cc2ccc(Cl)cc2Cl)[C@@H](CC)C(=O)NCC(C)C)cc1. The first-order valence-corrected chi connectivity index (χ1v) is 12.1. The number of nitrogens with one attached hydrogen (secondary N) is 1. The molecule has 1 atom stereocenters. The molecule has 0 unspecified atom stereocenters. The third-order valence-electron chi connectivity index (χ3n) is 5.49. The number of amides is 2. The number of aryl methyl sites for hydroxylation is 2. The zero-order valence-corrected chi connectivity index (χ0v) is 21.0. The molecule has 0 aliphatic heterocycles. The van der Waals surface area contributed by atoms with E-state index in [2.05, 4.69) is 36.5 Å². The van der Waals surface area contributed by atoms with Gasteiger partial charge in [-0.2, -0.15) is 0 Å². The van der Waals surface area contributed by atoms with Crippen LogP contribution in [0.1, 0.15) is 57.2 Å². The van der Waals surface area contributed by atoms with Crippen LogP contribution >= 0.6 is 23.2 Å². The molecular weight excluding hydrogens is 443 g/mol. The second-order valence-electron chi connectivity index (χ2n) is 8.49. The van der Waals surface area contributed by atoms with Gasteiger partial charge >= 0.3 is 0 Å². The molecular formula is C26H34Cl2N2O2. The molecule has 0 aromatic heterocycles. The molecule has 0 heterocycles. The van der Waals surface area contributed by atoms with Gasteiger partial charge in [0.05, 0.1) is 0 Å². The Kier molecular flexibility index (Phi) is 10.5. The van der Waals surface area contributed by atoms with Crippen molar-refractivity contribution < 1.29 is 9.59 Å². The second kappa shape index (κ2) is 12.9. The van der Waals surface area contributed by atoms with E-state index in [9.17, 15) is 9.59 Å². The Hall–Kier alpha value is -2.04. The van der Waals surface area contributed by atoms with E-state index in [1.165, 1.54) is 5.56 Å². The molecule has 2 aromatic rings. The Bertz CT molecular complexity index is 897. The van der Waals surface area contributed by atoms with Crippen LogP contribution in [0.25, 0.3) is 0 Å². The summed E-state index contributed by atoms with van der Waals surface area (Å²) < 4.78 is 0. The molecule has 2 rings (SSSR count). The van der Waals surface area contributed by atoms with Gasteiger partial charge < -0.3 is 10.2 Å². The summed E-state index contributed by atoms with van der Waals surface area (Å²) in [5, 5.41) is 4.00. The average Bonchev–Trinajstić information content (AvgIpc) is 2.77. The number of halogens is 2. The minimum absolute atomic E-state index is 0.0675. The normalized spacial score (nSPS) is 12.0. The number of carbonyl (C=O) groups excluding carboxylic acids is 2. The van der Waals surface area contributed by atoms with Gasteiger partial charge in [-0.3, -0.25) is 9.59 Å². The van der Waals surface area contributed by atoms with Crippen molar-refractivity contribution in [3.05, 3.63) is 69.2 Å². The zero-order valence-electron chi connectivity index (χ0n) is 19.5. The van der Waals surface area contributed by atoms with E-state index in [1.807, 2.05) is 26.8 Å². The Morgan fingerprint density at radius 1 is 1.00 bits per heavy atom. The number of benzene rings is 2. The van der Waals surface area contributed by atoms with Gasteiger partial charge in [0.15, 0.2) is 0 Å². The van der Waals surface area contributed by atoms with E-state index >= 15 is 0 Å². The summed E-state index contributed by atoms with van der Waals surface area (Å²) in [7, 11) is 0. The lowest BCUT2D eigenvalue weighted by atomic mass is 10.0. The molecule has 2 aromatic carbocycles. The summed E-state index contributed by atoms with van der Waals surface area (Å²) in [6, 6.07) is 13.0. The van der Waals surface area contributed by atoms with E-state index in [-0.39, 0.29) is 18.4 Å².